The van der Waals surface area contributed by atoms with Crippen molar-refractivity contribution < 1.29 is 29.3 Å². The zero-order chi connectivity index (χ0) is 25.6. The maximum absolute atomic E-state index is 12.1. The quantitative estimate of drug-likeness (QED) is 0.344. The van der Waals surface area contributed by atoms with Crippen LogP contribution in [-0.4, -0.2) is 83.9 Å². The van der Waals surface area contributed by atoms with Crippen LogP contribution in [0, 0.1) is 0 Å². The van der Waals surface area contributed by atoms with Crippen molar-refractivity contribution in [3.8, 4) is 5.75 Å². The van der Waals surface area contributed by atoms with Crippen molar-refractivity contribution in [1.82, 2.24) is 14.8 Å². The fourth-order valence-electron chi connectivity index (χ4n) is 3.70. The van der Waals surface area contributed by atoms with Gasteiger partial charge in [-0.3, -0.25) is 9.69 Å². The number of ether oxygens (including phenoxy) is 1. The van der Waals surface area contributed by atoms with E-state index in [0.717, 1.165) is 57.9 Å². The maximum atomic E-state index is 12.1. The van der Waals surface area contributed by atoms with Gasteiger partial charge in [-0.1, -0.05) is 12.1 Å². The molecule has 0 aliphatic carbocycles. The summed E-state index contributed by atoms with van der Waals surface area (Å²) in [7, 11) is 3.62. The van der Waals surface area contributed by atoms with Crippen LogP contribution in [0.25, 0.3) is 0 Å². The molecule has 0 radical (unpaired) electrons. The first-order valence-corrected chi connectivity index (χ1v) is 11.5. The van der Waals surface area contributed by atoms with Crippen molar-refractivity contribution in [3.63, 3.8) is 0 Å². The summed E-state index contributed by atoms with van der Waals surface area (Å²) in [5.74, 6) is -1.56. The van der Waals surface area contributed by atoms with E-state index in [-0.39, 0.29) is 5.91 Å². The zero-order valence-corrected chi connectivity index (χ0v) is 20.2. The Morgan fingerprint density at radius 3 is 2.20 bits per heavy atom. The summed E-state index contributed by atoms with van der Waals surface area (Å²) in [6, 6.07) is 12.0. The van der Waals surface area contributed by atoms with Gasteiger partial charge in [-0.05, 0) is 43.7 Å². The Morgan fingerprint density at radius 1 is 0.971 bits per heavy atom. The second-order valence-electron chi connectivity index (χ2n) is 7.98. The molecule has 2 aromatic rings. The van der Waals surface area contributed by atoms with Gasteiger partial charge in [0, 0.05) is 58.1 Å². The normalized spacial score (nSPS) is 13.7. The number of carboxylic acid groups (broad SMARTS) is 2. The van der Waals surface area contributed by atoms with E-state index in [1.807, 2.05) is 42.1 Å². The number of unbranched alkanes of at least 4 members (excludes halogenated alkanes) is 1. The van der Waals surface area contributed by atoms with E-state index in [2.05, 4.69) is 27.2 Å². The third kappa shape index (κ3) is 9.54. The number of hydrogen-bond donors (Lipinski definition) is 3. The molecule has 1 saturated heterocycles. The van der Waals surface area contributed by atoms with E-state index in [1.54, 1.807) is 7.11 Å². The second-order valence-corrected chi connectivity index (χ2v) is 7.98. The molecule has 3 N–H and O–H groups in total. The Balaban J connectivity index is 0.000000466. The highest BCUT2D eigenvalue weighted by Gasteiger charge is 2.19. The average molecular weight is 487 g/mol. The number of aromatic nitrogens is 1. The van der Waals surface area contributed by atoms with Gasteiger partial charge in [-0.15, -0.1) is 0 Å². The number of aryl methyl sites for hydroxylation is 1. The van der Waals surface area contributed by atoms with Crippen molar-refractivity contribution in [2.24, 2.45) is 7.05 Å². The third-order valence-corrected chi connectivity index (χ3v) is 5.53. The number of hydrogen-bond acceptors (Lipinski definition) is 6. The number of para-hydroxylation sites is 2. The highest BCUT2D eigenvalue weighted by atomic mass is 16.5. The number of nitrogens with one attached hydrogen (secondary N) is 1. The number of rotatable bonds is 10. The number of methoxy groups -OCH3 is 1. The smallest absolute Gasteiger partial charge is 0.328 e. The van der Waals surface area contributed by atoms with Crippen molar-refractivity contribution >= 4 is 23.5 Å². The molecule has 0 atom stereocenters. The second kappa shape index (κ2) is 14.5. The molecule has 1 fully saturated rings. The lowest BCUT2D eigenvalue weighted by Gasteiger charge is -2.36. The number of benzene rings is 1. The lowest BCUT2D eigenvalue weighted by atomic mass is 10.2. The molecule has 0 spiro atoms. The molecule has 1 amide bonds. The van der Waals surface area contributed by atoms with Gasteiger partial charge in [0.2, 0.25) is 0 Å². The Morgan fingerprint density at radius 2 is 1.63 bits per heavy atom. The molecule has 1 aromatic heterocycles. The molecule has 3 rings (SSSR count). The standard InChI is InChI=1S/C21H30N4O2.C4H4O4/c1-23-12-7-9-19(23)21(26)22-11-5-6-13-24-14-16-25(17-15-24)18-8-3-4-10-20(18)27-2;5-3(6)1-2-4(7)8/h3-4,7-10,12H,5-6,11,13-17H2,1-2H3,(H,22,26);1-2H,(H,5,6)(H,7,8)/b;2-1+. The largest absolute Gasteiger partial charge is 0.495 e. The first kappa shape index (κ1) is 27.5. The third-order valence-electron chi connectivity index (χ3n) is 5.53. The molecule has 0 saturated carbocycles. The van der Waals surface area contributed by atoms with Gasteiger partial charge in [0.05, 0.1) is 12.8 Å². The number of anilines is 1. The SMILES string of the molecule is COc1ccccc1N1CCN(CCCCNC(=O)c2cccn2C)CC1.O=C(O)/C=C/C(=O)O. The molecule has 0 unspecified atom stereocenters. The summed E-state index contributed by atoms with van der Waals surface area (Å²) >= 11 is 0. The number of piperazine rings is 1. The molecule has 1 aliphatic heterocycles. The Labute approximate surface area is 205 Å². The predicted molar refractivity (Wildman–Crippen MR) is 133 cm³/mol. The Bertz CT molecular complexity index is 979. The summed E-state index contributed by atoms with van der Waals surface area (Å²) in [6.07, 6.45) is 5.11. The summed E-state index contributed by atoms with van der Waals surface area (Å²) in [6.45, 7) is 5.97. The van der Waals surface area contributed by atoms with Gasteiger partial charge in [0.1, 0.15) is 11.4 Å². The van der Waals surface area contributed by atoms with E-state index in [4.69, 9.17) is 14.9 Å². The van der Waals surface area contributed by atoms with Gasteiger partial charge in [-0.2, -0.15) is 0 Å². The average Bonchev–Trinajstić information content (AvgIpc) is 3.29. The zero-order valence-electron chi connectivity index (χ0n) is 20.2. The molecule has 10 nitrogen and oxygen atoms in total. The van der Waals surface area contributed by atoms with Crippen LogP contribution in [0.2, 0.25) is 0 Å². The van der Waals surface area contributed by atoms with Crippen LogP contribution in [0.1, 0.15) is 23.3 Å². The van der Waals surface area contributed by atoms with Gasteiger partial charge >= 0.3 is 11.9 Å². The van der Waals surface area contributed by atoms with Crippen LogP contribution in [0.3, 0.4) is 0 Å². The van der Waals surface area contributed by atoms with E-state index in [0.29, 0.717) is 17.8 Å². The van der Waals surface area contributed by atoms with Crippen LogP contribution in [-0.2, 0) is 16.6 Å². The first-order chi connectivity index (χ1) is 16.8. The molecule has 1 aromatic carbocycles. The van der Waals surface area contributed by atoms with E-state index in [1.165, 1.54) is 5.69 Å². The lowest BCUT2D eigenvalue weighted by molar-refractivity contribution is -0.134. The number of aliphatic carboxylic acids is 2. The first-order valence-electron chi connectivity index (χ1n) is 11.5. The molecular formula is C25H34N4O6. The van der Waals surface area contributed by atoms with Gasteiger partial charge < -0.3 is 29.7 Å². The minimum atomic E-state index is -1.26. The van der Waals surface area contributed by atoms with E-state index >= 15 is 0 Å². The summed E-state index contributed by atoms with van der Waals surface area (Å²) < 4.78 is 7.32. The molecular weight excluding hydrogens is 452 g/mol. The molecule has 0 bridgehead atoms. The van der Waals surface area contributed by atoms with Crippen LogP contribution < -0.4 is 15.0 Å². The molecule has 2 heterocycles. The number of carboxylic acids is 2. The number of nitrogens with zero attached hydrogens (tertiary/aromatic N) is 3. The number of carbonyl (C=O) groups is 3. The maximum Gasteiger partial charge on any atom is 0.328 e. The van der Waals surface area contributed by atoms with Gasteiger partial charge in [-0.25, -0.2) is 9.59 Å². The van der Waals surface area contributed by atoms with Crippen molar-refractivity contribution in [2.45, 2.75) is 12.8 Å². The molecule has 35 heavy (non-hydrogen) atoms. The fourth-order valence-corrected chi connectivity index (χ4v) is 3.70. The van der Waals surface area contributed by atoms with Crippen LogP contribution in [0.15, 0.2) is 54.7 Å². The molecule has 10 heteroatoms. The van der Waals surface area contributed by atoms with Crippen molar-refractivity contribution in [2.75, 3.05) is 51.3 Å². The molecule has 190 valence electrons. The highest BCUT2D eigenvalue weighted by Crippen LogP contribution is 2.28. The topological polar surface area (TPSA) is 124 Å². The Kier molecular flexibility index (Phi) is 11.3. The highest BCUT2D eigenvalue weighted by molar-refractivity contribution is 5.92. The monoisotopic (exact) mass is 486 g/mol. The van der Waals surface area contributed by atoms with E-state index in [9.17, 15) is 14.4 Å². The van der Waals surface area contributed by atoms with Crippen LogP contribution in [0.4, 0.5) is 5.69 Å². The van der Waals surface area contributed by atoms with E-state index < -0.39 is 11.9 Å². The van der Waals surface area contributed by atoms with Crippen LogP contribution >= 0.6 is 0 Å². The Hall–Kier alpha value is -3.79. The number of amides is 1. The minimum Gasteiger partial charge on any atom is -0.495 e. The van der Waals surface area contributed by atoms with Gasteiger partial charge in [0.25, 0.3) is 5.91 Å². The molecule has 1 aliphatic rings. The number of carbonyl (C=O) groups excluding carboxylic acids is 1. The summed E-state index contributed by atoms with van der Waals surface area (Å²) in [4.78, 5) is 36.1. The van der Waals surface area contributed by atoms with Crippen molar-refractivity contribution in [3.05, 3.63) is 60.4 Å². The lowest BCUT2D eigenvalue weighted by Crippen LogP contribution is -2.46. The fraction of sp³-hybridized carbons (Fsp3) is 0.400. The minimum absolute atomic E-state index is 0.00734. The summed E-state index contributed by atoms with van der Waals surface area (Å²) in [5.41, 5.74) is 1.89. The predicted octanol–water partition coefficient (Wildman–Crippen LogP) is 2.08. The van der Waals surface area contributed by atoms with Crippen molar-refractivity contribution in [1.29, 1.82) is 0 Å². The summed E-state index contributed by atoms with van der Waals surface area (Å²) in [5, 5.41) is 18.6. The van der Waals surface area contributed by atoms with Gasteiger partial charge in [0.15, 0.2) is 0 Å². The van der Waals surface area contributed by atoms with Crippen LogP contribution in [0.5, 0.6) is 5.75 Å².